The maximum absolute atomic E-state index is 8.81. The van der Waals surface area contributed by atoms with Crippen LogP contribution in [-0.4, -0.2) is 42.4 Å². The number of nitriles is 1. The van der Waals surface area contributed by atoms with Gasteiger partial charge in [-0.25, -0.2) is 0 Å². The van der Waals surface area contributed by atoms with Gasteiger partial charge >= 0.3 is 0 Å². The second-order valence-electron chi connectivity index (χ2n) is 5.46. The molecule has 2 rings (SSSR count). The molecule has 1 aliphatic rings. The van der Waals surface area contributed by atoms with E-state index in [0.29, 0.717) is 13.0 Å². The minimum atomic E-state index is 0.243. The Labute approximate surface area is 138 Å². The van der Waals surface area contributed by atoms with Gasteiger partial charge in [-0.2, -0.15) is 5.26 Å². The molecule has 22 heavy (non-hydrogen) atoms. The molecule has 0 amide bonds. The normalized spacial score (nSPS) is 17.0. The van der Waals surface area contributed by atoms with Crippen LogP contribution < -0.4 is 5.32 Å². The molecule has 1 N–H and O–H groups in total. The molecular formula is C17H23N3OS. The van der Waals surface area contributed by atoms with E-state index >= 15 is 0 Å². The zero-order chi connectivity index (χ0) is 15.6. The van der Waals surface area contributed by atoms with E-state index in [2.05, 4.69) is 28.4 Å². The smallest absolute Gasteiger partial charge is 0.169 e. The molecule has 1 saturated heterocycles. The van der Waals surface area contributed by atoms with E-state index in [1.165, 1.54) is 5.56 Å². The van der Waals surface area contributed by atoms with Crippen LogP contribution in [0.4, 0.5) is 0 Å². The first-order valence-corrected chi connectivity index (χ1v) is 8.25. The van der Waals surface area contributed by atoms with Crippen molar-refractivity contribution in [2.75, 3.05) is 26.2 Å². The Balaban J connectivity index is 1.78. The molecule has 4 nitrogen and oxygen atoms in total. The first kappa shape index (κ1) is 16.7. The van der Waals surface area contributed by atoms with Gasteiger partial charge < -0.3 is 15.0 Å². The third kappa shape index (κ3) is 5.63. The molecule has 0 aromatic heterocycles. The summed E-state index contributed by atoms with van der Waals surface area (Å²) in [7, 11) is 0. The van der Waals surface area contributed by atoms with Gasteiger partial charge in [0.25, 0.3) is 0 Å². The van der Waals surface area contributed by atoms with E-state index in [1.807, 2.05) is 18.2 Å². The highest BCUT2D eigenvalue weighted by Gasteiger charge is 2.20. The second kappa shape index (κ2) is 9.39. The van der Waals surface area contributed by atoms with Gasteiger partial charge in [0, 0.05) is 26.2 Å². The Hall–Kier alpha value is -1.64. The molecular weight excluding hydrogens is 294 g/mol. The highest BCUT2D eigenvalue weighted by molar-refractivity contribution is 7.80. The maximum atomic E-state index is 8.81. The Morgan fingerprint density at radius 2 is 2.23 bits per heavy atom. The lowest BCUT2D eigenvalue weighted by Crippen LogP contribution is -2.44. The predicted octanol–water partition coefficient (Wildman–Crippen LogP) is 2.50. The summed E-state index contributed by atoms with van der Waals surface area (Å²) in [6.07, 6.45) is 3.86. The van der Waals surface area contributed by atoms with E-state index in [0.717, 1.165) is 44.1 Å². The van der Waals surface area contributed by atoms with Crippen LogP contribution in [0.5, 0.6) is 0 Å². The van der Waals surface area contributed by atoms with Crippen LogP contribution in [0.2, 0.25) is 0 Å². The van der Waals surface area contributed by atoms with Gasteiger partial charge in [0.05, 0.1) is 18.6 Å². The number of rotatable bonds is 7. The number of nitrogens with zero attached hydrogens (tertiary/aromatic N) is 2. The first-order valence-electron chi connectivity index (χ1n) is 7.85. The first-order chi connectivity index (χ1) is 10.8. The van der Waals surface area contributed by atoms with Crippen molar-refractivity contribution in [2.45, 2.75) is 31.8 Å². The molecule has 0 bridgehead atoms. The molecule has 1 heterocycles. The number of nitrogens with one attached hydrogen (secondary N) is 1. The minimum absolute atomic E-state index is 0.243. The summed E-state index contributed by atoms with van der Waals surface area (Å²) in [4.78, 5) is 2.07. The lowest BCUT2D eigenvalue weighted by Gasteiger charge is -2.27. The summed E-state index contributed by atoms with van der Waals surface area (Å²) < 4.78 is 5.68. The highest BCUT2D eigenvalue weighted by atomic mass is 32.1. The van der Waals surface area contributed by atoms with Crippen molar-refractivity contribution in [3.8, 4) is 6.07 Å². The molecule has 0 saturated carbocycles. The second-order valence-corrected chi connectivity index (χ2v) is 5.84. The molecule has 1 unspecified atom stereocenters. The van der Waals surface area contributed by atoms with Crippen molar-refractivity contribution in [1.82, 2.24) is 10.2 Å². The van der Waals surface area contributed by atoms with Crippen LogP contribution in [0.25, 0.3) is 0 Å². The van der Waals surface area contributed by atoms with Crippen LogP contribution in [0, 0.1) is 11.3 Å². The Kier molecular flexibility index (Phi) is 7.14. The molecule has 1 atom stereocenters. The lowest BCUT2D eigenvalue weighted by molar-refractivity contribution is 0.0915. The number of thiocarbonyl (C=S) groups is 1. The van der Waals surface area contributed by atoms with Crippen molar-refractivity contribution in [3.63, 3.8) is 0 Å². The third-order valence-electron chi connectivity index (χ3n) is 3.76. The van der Waals surface area contributed by atoms with Crippen LogP contribution in [0.1, 0.15) is 24.8 Å². The molecule has 1 aliphatic heterocycles. The largest absolute Gasteiger partial charge is 0.376 e. The molecule has 0 radical (unpaired) electrons. The topological polar surface area (TPSA) is 48.3 Å². The van der Waals surface area contributed by atoms with E-state index in [4.69, 9.17) is 22.2 Å². The lowest BCUT2D eigenvalue weighted by atomic mass is 10.1. The minimum Gasteiger partial charge on any atom is -0.376 e. The average Bonchev–Trinajstić information content (AvgIpc) is 3.05. The van der Waals surface area contributed by atoms with Gasteiger partial charge in [-0.3, -0.25) is 0 Å². The zero-order valence-electron chi connectivity index (χ0n) is 12.8. The van der Waals surface area contributed by atoms with Gasteiger partial charge in [0.2, 0.25) is 0 Å². The summed E-state index contributed by atoms with van der Waals surface area (Å²) in [5.41, 5.74) is 1.29. The fourth-order valence-corrected chi connectivity index (χ4v) is 2.83. The van der Waals surface area contributed by atoms with Crippen LogP contribution in [0.15, 0.2) is 30.3 Å². The number of hydrogen-bond donors (Lipinski definition) is 1. The molecule has 5 heteroatoms. The fraction of sp³-hybridized carbons (Fsp3) is 0.529. The van der Waals surface area contributed by atoms with Crippen molar-refractivity contribution >= 4 is 17.3 Å². The van der Waals surface area contributed by atoms with Gasteiger partial charge in [-0.1, -0.05) is 30.3 Å². The fourth-order valence-electron chi connectivity index (χ4n) is 2.57. The highest BCUT2D eigenvalue weighted by Crippen LogP contribution is 2.13. The van der Waals surface area contributed by atoms with Crippen molar-refractivity contribution < 1.29 is 4.74 Å². The van der Waals surface area contributed by atoms with E-state index in [-0.39, 0.29) is 6.10 Å². The van der Waals surface area contributed by atoms with Crippen LogP contribution >= 0.6 is 12.2 Å². The van der Waals surface area contributed by atoms with Crippen molar-refractivity contribution in [3.05, 3.63) is 35.9 Å². The van der Waals surface area contributed by atoms with E-state index in [1.54, 1.807) is 0 Å². The van der Waals surface area contributed by atoms with Gasteiger partial charge in [-0.05, 0) is 37.0 Å². The quantitative estimate of drug-likeness (QED) is 0.783. The zero-order valence-corrected chi connectivity index (χ0v) is 13.6. The van der Waals surface area contributed by atoms with Gasteiger partial charge in [-0.15, -0.1) is 0 Å². The van der Waals surface area contributed by atoms with Crippen LogP contribution in [0.3, 0.4) is 0 Å². The summed E-state index contributed by atoms with van der Waals surface area (Å²) in [6.45, 7) is 3.08. The number of benzene rings is 1. The average molecular weight is 317 g/mol. The Morgan fingerprint density at radius 1 is 1.41 bits per heavy atom. The summed E-state index contributed by atoms with van der Waals surface area (Å²) >= 11 is 5.49. The van der Waals surface area contributed by atoms with Gasteiger partial charge in [0.15, 0.2) is 5.11 Å². The standard InChI is InChI=1S/C17H23N3OS/c18-10-5-12-20(14-16-8-4-13-21-16)17(22)19-11-9-15-6-2-1-3-7-15/h1-3,6-7,16H,4-5,8-9,11-14H2,(H,19,22). The molecule has 1 fully saturated rings. The van der Waals surface area contributed by atoms with Crippen molar-refractivity contribution in [2.24, 2.45) is 0 Å². The Morgan fingerprint density at radius 3 is 2.91 bits per heavy atom. The molecule has 1 aromatic rings. The summed E-state index contributed by atoms with van der Waals surface area (Å²) in [6, 6.07) is 12.5. The Bertz CT molecular complexity index is 494. The summed E-state index contributed by atoms with van der Waals surface area (Å²) in [5, 5.41) is 12.8. The monoisotopic (exact) mass is 317 g/mol. The molecule has 118 valence electrons. The maximum Gasteiger partial charge on any atom is 0.169 e. The molecule has 1 aromatic carbocycles. The molecule has 0 aliphatic carbocycles. The predicted molar refractivity (Wildman–Crippen MR) is 91.5 cm³/mol. The van der Waals surface area contributed by atoms with E-state index in [9.17, 15) is 0 Å². The number of ether oxygens (including phenoxy) is 1. The summed E-state index contributed by atoms with van der Waals surface area (Å²) in [5.74, 6) is 0. The van der Waals surface area contributed by atoms with Crippen molar-refractivity contribution in [1.29, 1.82) is 5.26 Å². The number of hydrogen-bond acceptors (Lipinski definition) is 3. The SMILES string of the molecule is N#CCCN(CC1CCCO1)C(=S)NCCc1ccccc1. The molecule has 0 spiro atoms. The van der Waals surface area contributed by atoms with E-state index < -0.39 is 0 Å². The third-order valence-corrected chi connectivity index (χ3v) is 4.16. The van der Waals surface area contributed by atoms with Crippen LogP contribution in [-0.2, 0) is 11.2 Å². The van der Waals surface area contributed by atoms with Gasteiger partial charge in [0.1, 0.15) is 0 Å².